The standard InChI is InChI=1S/C22H28N4O3.HI/c1-2-23-22(26-18-6-7-19-20(13-18)28-11-3-10-27-19)25-14-17-8-9-24-21(12-17)29-15-16-4-5-16;/h6-9,12-13,16H,2-5,10-11,14-15H2,1H3,(H2,23,25,26);1H. The van der Waals surface area contributed by atoms with Crippen molar-refractivity contribution in [3.63, 3.8) is 0 Å². The van der Waals surface area contributed by atoms with Gasteiger partial charge in [-0.05, 0) is 49.4 Å². The summed E-state index contributed by atoms with van der Waals surface area (Å²) in [5, 5.41) is 6.62. The second-order valence-electron chi connectivity index (χ2n) is 7.29. The van der Waals surface area contributed by atoms with Gasteiger partial charge in [-0.25, -0.2) is 9.98 Å². The molecule has 1 aromatic heterocycles. The number of ether oxygens (including phenoxy) is 3. The second-order valence-corrected chi connectivity index (χ2v) is 7.29. The summed E-state index contributed by atoms with van der Waals surface area (Å²) in [6.45, 7) is 5.44. The number of anilines is 1. The summed E-state index contributed by atoms with van der Waals surface area (Å²) in [5.74, 6) is 3.63. The minimum absolute atomic E-state index is 0. The number of halogens is 1. The van der Waals surface area contributed by atoms with Crippen LogP contribution < -0.4 is 24.8 Å². The van der Waals surface area contributed by atoms with Crippen molar-refractivity contribution in [2.75, 3.05) is 31.7 Å². The number of benzene rings is 1. The average molecular weight is 524 g/mol. The fraction of sp³-hybridized carbons (Fsp3) is 0.455. The van der Waals surface area contributed by atoms with E-state index in [9.17, 15) is 0 Å². The Morgan fingerprint density at radius 1 is 1.17 bits per heavy atom. The Kier molecular flexibility index (Phi) is 8.41. The van der Waals surface area contributed by atoms with Crippen molar-refractivity contribution in [3.8, 4) is 17.4 Å². The Morgan fingerprint density at radius 2 is 2.00 bits per heavy atom. The van der Waals surface area contributed by atoms with Gasteiger partial charge in [0.05, 0.1) is 26.4 Å². The molecule has 2 aromatic rings. The minimum Gasteiger partial charge on any atom is -0.490 e. The number of hydrogen-bond donors (Lipinski definition) is 2. The number of nitrogens with zero attached hydrogens (tertiary/aromatic N) is 2. The van der Waals surface area contributed by atoms with Crippen LogP contribution in [0.2, 0.25) is 0 Å². The number of aliphatic imine (C=N–C) groups is 1. The molecule has 0 atom stereocenters. The fourth-order valence-corrected chi connectivity index (χ4v) is 2.97. The van der Waals surface area contributed by atoms with Crippen LogP contribution >= 0.6 is 24.0 Å². The molecule has 0 saturated heterocycles. The van der Waals surface area contributed by atoms with Gasteiger partial charge in [-0.15, -0.1) is 24.0 Å². The van der Waals surface area contributed by atoms with E-state index in [4.69, 9.17) is 19.2 Å². The molecule has 0 spiro atoms. The van der Waals surface area contributed by atoms with Crippen LogP contribution in [0.1, 0.15) is 31.7 Å². The van der Waals surface area contributed by atoms with Crippen LogP contribution in [0.3, 0.4) is 0 Å². The lowest BCUT2D eigenvalue weighted by molar-refractivity contribution is 0.288. The van der Waals surface area contributed by atoms with Crippen molar-refractivity contribution in [2.24, 2.45) is 10.9 Å². The first-order valence-corrected chi connectivity index (χ1v) is 10.3. The number of guanidine groups is 1. The number of fused-ring (bicyclic) bond motifs is 1. The average Bonchev–Trinajstić information content (AvgIpc) is 3.58. The lowest BCUT2D eigenvalue weighted by Gasteiger charge is -2.14. The first kappa shape index (κ1) is 22.5. The van der Waals surface area contributed by atoms with Gasteiger partial charge in [-0.1, -0.05) is 0 Å². The molecule has 4 rings (SSSR count). The quantitative estimate of drug-likeness (QED) is 0.321. The normalized spacial score (nSPS) is 15.6. The monoisotopic (exact) mass is 524 g/mol. The zero-order valence-corrected chi connectivity index (χ0v) is 19.6. The largest absolute Gasteiger partial charge is 0.490 e. The van der Waals surface area contributed by atoms with E-state index in [2.05, 4.69) is 15.6 Å². The van der Waals surface area contributed by atoms with E-state index in [1.165, 1.54) is 12.8 Å². The van der Waals surface area contributed by atoms with Crippen molar-refractivity contribution in [3.05, 3.63) is 42.1 Å². The minimum atomic E-state index is 0. The Labute approximate surface area is 194 Å². The highest BCUT2D eigenvalue weighted by Gasteiger charge is 2.22. The van der Waals surface area contributed by atoms with Crippen molar-refractivity contribution in [1.82, 2.24) is 10.3 Å². The van der Waals surface area contributed by atoms with Gasteiger partial charge in [0.1, 0.15) is 0 Å². The molecule has 1 aromatic carbocycles. The highest BCUT2D eigenvalue weighted by Crippen LogP contribution is 2.32. The molecule has 1 aliphatic carbocycles. The van der Waals surface area contributed by atoms with Gasteiger partial charge in [0.2, 0.25) is 5.88 Å². The molecule has 0 radical (unpaired) electrons. The predicted octanol–water partition coefficient (Wildman–Crippen LogP) is 4.23. The molecule has 0 bridgehead atoms. The van der Waals surface area contributed by atoms with E-state index < -0.39 is 0 Å². The molecule has 8 heteroatoms. The summed E-state index contributed by atoms with van der Waals surface area (Å²) in [6.07, 6.45) is 5.19. The Morgan fingerprint density at radius 3 is 2.80 bits per heavy atom. The maximum absolute atomic E-state index is 5.77. The van der Waals surface area contributed by atoms with Crippen LogP contribution in [-0.2, 0) is 6.54 Å². The van der Waals surface area contributed by atoms with Crippen molar-refractivity contribution < 1.29 is 14.2 Å². The van der Waals surface area contributed by atoms with Gasteiger partial charge in [0.25, 0.3) is 0 Å². The number of pyridine rings is 1. The van der Waals surface area contributed by atoms with E-state index in [1.54, 1.807) is 6.20 Å². The second kappa shape index (κ2) is 11.2. The maximum atomic E-state index is 5.77. The van der Waals surface area contributed by atoms with Gasteiger partial charge < -0.3 is 24.8 Å². The molecule has 0 amide bonds. The van der Waals surface area contributed by atoms with Gasteiger partial charge in [0, 0.05) is 37.0 Å². The van der Waals surface area contributed by atoms with Crippen LogP contribution in [0.5, 0.6) is 17.4 Å². The smallest absolute Gasteiger partial charge is 0.213 e. The van der Waals surface area contributed by atoms with Gasteiger partial charge in [0.15, 0.2) is 17.5 Å². The van der Waals surface area contributed by atoms with Gasteiger partial charge >= 0.3 is 0 Å². The Hall–Kier alpha value is -2.23. The van der Waals surface area contributed by atoms with E-state index in [1.807, 2.05) is 37.3 Å². The van der Waals surface area contributed by atoms with Crippen LogP contribution in [-0.4, -0.2) is 37.3 Å². The number of hydrogen-bond acceptors (Lipinski definition) is 5. The molecule has 1 saturated carbocycles. The first-order chi connectivity index (χ1) is 14.3. The number of nitrogens with one attached hydrogen (secondary N) is 2. The van der Waals surface area contributed by atoms with Crippen molar-refractivity contribution >= 4 is 35.6 Å². The third-order valence-corrected chi connectivity index (χ3v) is 4.74. The third kappa shape index (κ3) is 6.65. The van der Waals surface area contributed by atoms with E-state index in [-0.39, 0.29) is 24.0 Å². The molecule has 1 fully saturated rings. The van der Waals surface area contributed by atoms with Gasteiger partial charge in [-0.2, -0.15) is 0 Å². The molecule has 2 aliphatic rings. The van der Waals surface area contributed by atoms with Crippen LogP contribution in [0.15, 0.2) is 41.5 Å². The summed E-state index contributed by atoms with van der Waals surface area (Å²) >= 11 is 0. The van der Waals surface area contributed by atoms with Crippen LogP contribution in [0, 0.1) is 5.92 Å². The summed E-state index contributed by atoms with van der Waals surface area (Å²) in [7, 11) is 0. The number of rotatable bonds is 7. The van der Waals surface area contributed by atoms with E-state index >= 15 is 0 Å². The maximum Gasteiger partial charge on any atom is 0.213 e. The topological polar surface area (TPSA) is 77.0 Å². The Balaban J connectivity index is 0.00000256. The zero-order valence-electron chi connectivity index (χ0n) is 17.2. The Bertz CT molecular complexity index is 858. The van der Waals surface area contributed by atoms with E-state index in [0.29, 0.717) is 37.5 Å². The third-order valence-electron chi connectivity index (χ3n) is 4.74. The van der Waals surface area contributed by atoms with Crippen molar-refractivity contribution in [2.45, 2.75) is 32.7 Å². The highest BCUT2D eigenvalue weighted by molar-refractivity contribution is 14.0. The van der Waals surface area contributed by atoms with E-state index in [0.717, 1.165) is 42.3 Å². The predicted molar refractivity (Wildman–Crippen MR) is 128 cm³/mol. The SMILES string of the molecule is CCNC(=NCc1ccnc(OCC2CC2)c1)Nc1ccc2c(c1)OCCCO2.I. The summed E-state index contributed by atoms with van der Waals surface area (Å²) in [5.41, 5.74) is 1.96. The summed E-state index contributed by atoms with van der Waals surface area (Å²) in [4.78, 5) is 8.99. The molecule has 162 valence electrons. The van der Waals surface area contributed by atoms with Crippen LogP contribution in [0.4, 0.5) is 5.69 Å². The lowest BCUT2D eigenvalue weighted by Crippen LogP contribution is -2.30. The summed E-state index contributed by atoms with van der Waals surface area (Å²) in [6, 6.07) is 9.77. The molecular weight excluding hydrogens is 495 g/mol. The number of aromatic nitrogens is 1. The van der Waals surface area contributed by atoms with Crippen LogP contribution in [0.25, 0.3) is 0 Å². The molecule has 2 N–H and O–H groups in total. The molecular formula is C22H29IN4O3. The molecule has 0 unspecified atom stereocenters. The van der Waals surface area contributed by atoms with Crippen molar-refractivity contribution in [1.29, 1.82) is 0 Å². The summed E-state index contributed by atoms with van der Waals surface area (Å²) < 4.78 is 17.2. The molecule has 1 aliphatic heterocycles. The first-order valence-electron chi connectivity index (χ1n) is 10.3. The molecule has 2 heterocycles. The highest BCUT2D eigenvalue weighted by atomic mass is 127. The fourth-order valence-electron chi connectivity index (χ4n) is 2.97. The van der Waals surface area contributed by atoms with Gasteiger partial charge in [-0.3, -0.25) is 0 Å². The molecule has 7 nitrogen and oxygen atoms in total. The lowest BCUT2D eigenvalue weighted by atomic mass is 10.2. The zero-order chi connectivity index (χ0) is 19.9. The molecule has 30 heavy (non-hydrogen) atoms.